The fraction of sp³-hybridized carbons (Fsp3) is 0.500. The SMILES string of the molecule is CC1(C)CC1C(=O)NCC(O)c1c(F)cccc1F. The number of hydrogen-bond acceptors (Lipinski definition) is 2. The molecule has 1 saturated carbocycles. The van der Waals surface area contributed by atoms with E-state index in [0.29, 0.717) is 0 Å². The summed E-state index contributed by atoms with van der Waals surface area (Å²) in [6.07, 6.45) is -0.588. The van der Waals surface area contributed by atoms with E-state index in [0.717, 1.165) is 18.6 Å². The van der Waals surface area contributed by atoms with Gasteiger partial charge >= 0.3 is 0 Å². The smallest absolute Gasteiger partial charge is 0.223 e. The molecule has 5 heteroatoms. The van der Waals surface area contributed by atoms with E-state index in [4.69, 9.17) is 0 Å². The third-order valence-electron chi connectivity index (χ3n) is 3.63. The fourth-order valence-electron chi connectivity index (χ4n) is 2.17. The summed E-state index contributed by atoms with van der Waals surface area (Å²) in [5, 5.41) is 12.3. The van der Waals surface area contributed by atoms with Crippen LogP contribution in [0.15, 0.2) is 18.2 Å². The molecule has 0 aliphatic heterocycles. The maximum absolute atomic E-state index is 13.4. The molecular weight excluding hydrogens is 252 g/mol. The first-order valence-electron chi connectivity index (χ1n) is 6.22. The number of aliphatic hydroxyl groups excluding tert-OH is 1. The summed E-state index contributed by atoms with van der Waals surface area (Å²) in [5.41, 5.74) is -0.420. The van der Waals surface area contributed by atoms with Gasteiger partial charge in [0, 0.05) is 12.5 Å². The first-order chi connectivity index (χ1) is 8.83. The number of carbonyl (C=O) groups excluding carboxylic acids is 1. The molecule has 0 radical (unpaired) electrons. The molecule has 0 spiro atoms. The van der Waals surface area contributed by atoms with E-state index in [-0.39, 0.29) is 23.8 Å². The van der Waals surface area contributed by atoms with Crippen LogP contribution in [0.5, 0.6) is 0 Å². The first kappa shape index (κ1) is 13.9. The van der Waals surface area contributed by atoms with Crippen LogP contribution >= 0.6 is 0 Å². The Hall–Kier alpha value is -1.49. The van der Waals surface area contributed by atoms with Crippen LogP contribution in [0.1, 0.15) is 31.9 Å². The quantitative estimate of drug-likeness (QED) is 0.880. The summed E-state index contributed by atoms with van der Waals surface area (Å²) < 4.78 is 26.8. The predicted octanol–water partition coefficient (Wildman–Crippen LogP) is 2.16. The van der Waals surface area contributed by atoms with Gasteiger partial charge in [-0.3, -0.25) is 4.79 Å². The summed E-state index contributed by atoms with van der Waals surface area (Å²) in [6, 6.07) is 3.38. The average Bonchev–Trinajstić information content (AvgIpc) is 2.95. The molecule has 2 atom stereocenters. The Kier molecular flexibility index (Phi) is 3.58. The lowest BCUT2D eigenvalue weighted by atomic mass is 10.1. The van der Waals surface area contributed by atoms with Crippen LogP contribution in [0.25, 0.3) is 0 Å². The van der Waals surface area contributed by atoms with E-state index in [1.807, 2.05) is 13.8 Å². The van der Waals surface area contributed by atoms with Crippen LogP contribution < -0.4 is 5.32 Å². The summed E-state index contributed by atoms with van der Waals surface area (Å²) in [6.45, 7) is 3.76. The molecule has 19 heavy (non-hydrogen) atoms. The molecule has 1 amide bonds. The summed E-state index contributed by atoms with van der Waals surface area (Å²) >= 11 is 0. The number of aliphatic hydroxyl groups is 1. The van der Waals surface area contributed by atoms with Crippen LogP contribution in [-0.2, 0) is 4.79 Å². The number of benzene rings is 1. The van der Waals surface area contributed by atoms with Gasteiger partial charge in [-0.25, -0.2) is 8.78 Å². The second kappa shape index (κ2) is 4.89. The van der Waals surface area contributed by atoms with Gasteiger partial charge in [-0.1, -0.05) is 19.9 Å². The van der Waals surface area contributed by atoms with Crippen LogP contribution in [-0.4, -0.2) is 17.6 Å². The van der Waals surface area contributed by atoms with Crippen molar-refractivity contribution in [3.8, 4) is 0 Å². The highest BCUT2D eigenvalue weighted by molar-refractivity contribution is 5.82. The number of amides is 1. The molecular formula is C14H17F2NO2. The monoisotopic (exact) mass is 269 g/mol. The van der Waals surface area contributed by atoms with Crippen LogP contribution in [0, 0.1) is 23.0 Å². The third-order valence-corrected chi connectivity index (χ3v) is 3.63. The van der Waals surface area contributed by atoms with E-state index in [9.17, 15) is 18.7 Å². The number of nitrogens with one attached hydrogen (secondary N) is 1. The van der Waals surface area contributed by atoms with Crippen molar-refractivity contribution < 1.29 is 18.7 Å². The molecule has 0 aromatic heterocycles. The van der Waals surface area contributed by atoms with Crippen molar-refractivity contribution in [1.29, 1.82) is 0 Å². The third kappa shape index (κ3) is 2.92. The number of halogens is 2. The average molecular weight is 269 g/mol. The maximum atomic E-state index is 13.4. The van der Waals surface area contributed by atoms with Gasteiger partial charge in [0.1, 0.15) is 17.7 Å². The minimum absolute atomic E-state index is 0.0156. The molecule has 104 valence electrons. The Balaban J connectivity index is 1.95. The Morgan fingerprint density at radius 3 is 2.47 bits per heavy atom. The van der Waals surface area contributed by atoms with Gasteiger partial charge in [0.2, 0.25) is 5.91 Å². The first-order valence-corrected chi connectivity index (χ1v) is 6.22. The zero-order valence-corrected chi connectivity index (χ0v) is 10.9. The van der Waals surface area contributed by atoms with Crippen molar-refractivity contribution in [1.82, 2.24) is 5.32 Å². The van der Waals surface area contributed by atoms with E-state index in [1.54, 1.807) is 0 Å². The van der Waals surface area contributed by atoms with Crippen molar-refractivity contribution in [2.24, 2.45) is 11.3 Å². The Labute approximate surface area is 110 Å². The van der Waals surface area contributed by atoms with Gasteiger partial charge < -0.3 is 10.4 Å². The molecule has 0 bridgehead atoms. The van der Waals surface area contributed by atoms with E-state index in [2.05, 4.69) is 5.32 Å². The second-order valence-electron chi connectivity index (χ2n) is 5.64. The minimum Gasteiger partial charge on any atom is -0.386 e. The van der Waals surface area contributed by atoms with E-state index in [1.165, 1.54) is 6.07 Å². The van der Waals surface area contributed by atoms with Gasteiger partial charge in [0.15, 0.2) is 0 Å². The largest absolute Gasteiger partial charge is 0.386 e. The van der Waals surface area contributed by atoms with Crippen molar-refractivity contribution in [3.63, 3.8) is 0 Å². The van der Waals surface area contributed by atoms with Gasteiger partial charge in [-0.2, -0.15) is 0 Å². The normalized spacial score (nSPS) is 21.8. The van der Waals surface area contributed by atoms with E-state index < -0.39 is 23.3 Å². The molecule has 1 aromatic rings. The standard InChI is InChI=1S/C14H17F2NO2/c1-14(2)6-8(14)13(19)17-7-11(18)12-9(15)4-3-5-10(12)16/h3-5,8,11,18H,6-7H2,1-2H3,(H,17,19). The van der Waals surface area contributed by atoms with Crippen molar-refractivity contribution >= 4 is 5.91 Å². The van der Waals surface area contributed by atoms with Gasteiger partial charge in [0.25, 0.3) is 0 Å². The molecule has 0 saturated heterocycles. The second-order valence-corrected chi connectivity index (χ2v) is 5.64. The zero-order chi connectivity index (χ0) is 14.2. The van der Waals surface area contributed by atoms with Gasteiger partial charge in [-0.05, 0) is 24.0 Å². The highest BCUT2D eigenvalue weighted by atomic mass is 19.1. The Bertz CT molecular complexity index is 482. The number of hydrogen-bond donors (Lipinski definition) is 2. The molecule has 1 aliphatic rings. The molecule has 1 fully saturated rings. The highest BCUT2D eigenvalue weighted by Crippen LogP contribution is 2.51. The minimum atomic E-state index is -1.38. The van der Waals surface area contributed by atoms with E-state index >= 15 is 0 Å². The lowest BCUT2D eigenvalue weighted by Crippen LogP contribution is -2.31. The predicted molar refractivity (Wildman–Crippen MR) is 66.2 cm³/mol. The van der Waals surface area contributed by atoms with Gasteiger partial charge in [-0.15, -0.1) is 0 Å². The number of carbonyl (C=O) groups is 1. The van der Waals surface area contributed by atoms with Crippen molar-refractivity contribution in [3.05, 3.63) is 35.4 Å². The van der Waals surface area contributed by atoms with Crippen LogP contribution in [0.2, 0.25) is 0 Å². The topological polar surface area (TPSA) is 49.3 Å². The molecule has 2 rings (SSSR count). The number of rotatable bonds is 4. The molecule has 0 heterocycles. The van der Waals surface area contributed by atoms with Crippen molar-refractivity contribution in [2.45, 2.75) is 26.4 Å². The Morgan fingerprint density at radius 2 is 2.00 bits per heavy atom. The van der Waals surface area contributed by atoms with Gasteiger partial charge in [0.05, 0.1) is 5.56 Å². The summed E-state index contributed by atoms with van der Waals surface area (Å²) in [5.74, 6) is -1.88. The lowest BCUT2D eigenvalue weighted by molar-refractivity contribution is -0.123. The highest BCUT2D eigenvalue weighted by Gasteiger charge is 2.50. The lowest BCUT2D eigenvalue weighted by Gasteiger charge is -2.14. The Morgan fingerprint density at radius 1 is 1.47 bits per heavy atom. The summed E-state index contributed by atoms with van der Waals surface area (Å²) in [7, 11) is 0. The van der Waals surface area contributed by atoms with Crippen LogP contribution in [0.4, 0.5) is 8.78 Å². The molecule has 1 aliphatic carbocycles. The summed E-state index contributed by atoms with van der Waals surface area (Å²) in [4.78, 5) is 11.7. The maximum Gasteiger partial charge on any atom is 0.223 e. The zero-order valence-electron chi connectivity index (χ0n) is 10.9. The van der Waals surface area contributed by atoms with Crippen molar-refractivity contribution in [2.75, 3.05) is 6.54 Å². The molecule has 2 unspecified atom stereocenters. The van der Waals surface area contributed by atoms with Crippen LogP contribution in [0.3, 0.4) is 0 Å². The molecule has 1 aromatic carbocycles. The molecule has 3 nitrogen and oxygen atoms in total. The molecule has 2 N–H and O–H groups in total. The fourth-order valence-corrected chi connectivity index (χ4v) is 2.17.